The van der Waals surface area contributed by atoms with Crippen molar-refractivity contribution in [3.8, 4) is 5.69 Å². The van der Waals surface area contributed by atoms with E-state index in [1.807, 2.05) is 63.2 Å². The summed E-state index contributed by atoms with van der Waals surface area (Å²) in [5.74, 6) is -1.29. The molecule has 0 spiro atoms. The molecule has 0 aliphatic carbocycles. The molecule has 0 bridgehead atoms. The summed E-state index contributed by atoms with van der Waals surface area (Å²) in [4.78, 5) is 38.8. The molecule has 2 heterocycles. The van der Waals surface area contributed by atoms with E-state index in [4.69, 9.17) is 0 Å². The molecular formula is C20H22N4O3. The molecule has 7 nitrogen and oxygen atoms in total. The Balaban J connectivity index is 2.02. The number of benzene rings is 1. The van der Waals surface area contributed by atoms with E-state index in [0.29, 0.717) is 0 Å². The van der Waals surface area contributed by atoms with Gasteiger partial charge in [-0.05, 0) is 55.8 Å². The fourth-order valence-electron chi connectivity index (χ4n) is 3.13. The Bertz CT molecular complexity index is 968. The van der Waals surface area contributed by atoms with Crippen molar-refractivity contribution in [2.75, 3.05) is 26.0 Å². The lowest BCUT2D eigenvalue weighted by Gasteiger charge is -2.22. The minimum Gasteiger partial charge on any atom is -0.378 e. The van der Waals surface area contributed by atoms with Gasteiger partial charge in [0.1, 0.15) is 5.57 Å². The van der Waals surface area contributed by atoms with E-state index in [1.165, 1.54) is 13.1 Å². The summed E-state index contributed by atoms with van der Waals surface area (Å²) in [6.45, 7) is 3.90. The van der Waals surface area contributed by atoms with E-state index in [-0.39, 0.29) is 5.57 Å². The molecule has 27 heavy (non-hydrogen) atoms. The lowest BCUT2D eigenvalue weighted by molar-refractivity contribution is -0.129. The zero-order valence-electron chi connectivity index (χ0n) is 16.0. The van der Waals surface area contributed by atoms with Gasteiger partial charge in [0.15, 0.2) is 0 Å². The standard InChI is InChI=1S/C20H22N4O3/c1-12-10-14(11-17-18(25)21-20(27)23(5)19(17)26)13(2)24(12)16-8-6-15(7-9-16)22(3)4/h6-11H,1-5H3,(H,21,25,27)/b17-11-. The quantitative estimate of drug-likeness (QED) is 0.668. The van der Waals surface area contributed by atoms with Crippen molar-refractivity contribution < 1.29 is 14.4 Å². The molecule has 1 aromatic heterocycles. The van der Waals surface area contributed by atoms with Gasteiger partial charge in [0.25, 0.3) is 11.8 Å². The number of carbonyl (C=O) groups is 3. The number of hydrogen-bond acceptors (Lipinski definition) is 4. The Labute approximate surface area is 157 Å². The number of likely N-dealkylation sites (N-methyl/N-ethyl adjacent to an activating group) is 1. The Hall–Kier alpha value is -3.35. The van der Waals surface area contributed by atoms with Crippen LogP contribution in [0.1, 0.15) is 17.0 Å². The lowest BCUT2D eigenvalue weighted by Crippen LogP contribution is -2.52. The number of nitrogens with one attached hydrogen (secondary N) is 1. The fraction of sp³-hybridized carbons (Fsp3) is 0.250. The molecule has 4 amide bonds. The summed E-state index contributed by atoms with van der Waals surface area (Å²) < 4.78 is 2.06. The molecule has 1 N–H and O–H groups in total. The van der Waals surface area contributed by atoms with Crippen LogP contribution in [0, 0.1) is 13.8 Å². The van der Waals surface area contributed by atoms with Gasteiger partial charge < -0.3 is 9.47 Å². The minimum absolute atomic E-state index is 0.0553. The third-order valence-electron chi connectivity index (χ3n) is 4.70. The molecule has 1 fully saturated rings. The van der Waals surface area contributed by atoms with Crippen LogP contribution in [0.4, 0.5) is 10.5 Å². The van der Waals surface area contributed by atoms with Crippen LogP contribution in [0.3, 0.4) is 0 Å². The molecule has 1 saturated heterocycles. The third kappa shape index (κ3) is 3.23. The van der Waals surface area contributed by atoms with E-state index in [1.54, 1.807) is 0 Å². The Morgan fingerprint density at radius 1 is 1.04 bits per heavy atom. The van der Waals surface area contributed by atoms with Crippen LogP contribution in [-0.4, -0.2) is 48.5 Å². The second-order valence-electron chi connectivity index (χ2n) is 6.75. The van der Waals surface area contributed by atoms with Crippen LogP contribution in [-0.2, 0) is 9.59 Å². The van der Waals surface area contributed by atoms with E-state index in [0.717, 1.165) is 33.2 Å². The minimum atomic E-state index is -0.714. The first-order valence-electron chi connectivity index (χ1n) is 8.52. The highest BCUT2D eigenvalue weighted by atomic mass is 16.2. The highest BCUT2D eigenvalue weighted by molar-refractivity contribution is 6.30. The number of anilines is 1. The molecule has 2 aromatic rings. The predicted molar refractivity (Wildman–Crippen MR) is 104 cm³/mol. The number of carbonyl (C=O) groups excluding carboxylic acids is 3. The maximum Gasteiger partial charge on any atom is 0.331 e. The van der Waals surface area contributed by atoms with Crippen LogP contribution in [0.2, 0.25) is 0 Å². The smallest absolute Gasteiger partial charge is 0.331 e. The number of imide groups is 2. The molecule has 0 radical (unpaired) electrons. The SMILES string of the molecule is Cc1cc(/C=C2/C(=O)NC(=O)N(C)C2=O)c(C)n1-c1ccc(N(C)C)cc1. The first-order chi connectivity index (χ1) is 12.7. The third-order valence-corrected chi connectivity index (χ3v) is 4.70. The van der Waals surface area contributed by atoms with Gasteiger partial charge in [0.05, 0.1) is 0 Å². The van der Waals surface area contributed by atoms with Gasteiger partial charge in [-0.1, -0.05) is 0 Å². The topological polar surface area (TPSA) is 74.6 Å². The second kappa shape index (κ2) is 6.75. The maximum absolute atomic E-state index is 12.3. The number of urea groups is 1. The molecular weight excluding hydrogens is 344 g/mol. The van der Waals surface area contributed by atoms with E-state index in [9.17, 15) is 14.4 Å². The summed E-state index contributed by atoms with van der Waals surface area (Å²) >= 11 is 0. The molecule has 0 atom stereocenters. The highest BCUT2D eigenvalue weighted by Crippen LogP contribution is 2.25. The van der Waals surface area contributed by atoms with Crippen molar-refractivity contribution in [3.05, 3.63) is 52.9 Å². The monoisotopic (exact) mass is 366 g/mol. The number of barbiturate groups is 1. The van der Waals surface area contributed by atoms with Gasteiger partial charge in [-0.15, -0.1) is 0 Å². The number of aromatic nitrogens is 1. The van der Waals surface area contributed by atoms with Gasteiger partial charge in [-0.25, -0.2) is 4.79 Å². The molecule has 7 heteroatoms. The summed E-state index contributed by atoms with van der Waals surface area (Å²) in [5.41, 5.74) is 4.67. The molecule has 1 aromatic carbocycles. The molecule has 1 aliphatic rings. The van der Waals surface area contributed by atoms with Crippen molar-refractivity contribution in [2.45, 2.75) is 13.8 Å². The average Bonchev–Trinajstić information content (AvgIpc) is 2.90. The molecule has 3 rings (SSSR count). The number of aryl methyl sites for hydroxylation is 1. The molecule has 0 unspecified atom stereocenters. The number of amides is 4. The van der Waals surface area contributed by atoms with Gasteiger partial charge in [0.2, 0.25) is 0 Å². The predicted octanol–water partition coefficient (Wildman–Crippen LogP) is 2.25. The fourth-order valence-corrected chi connectivity index (χ4v) is 3.13. The summed E-state index contributed by atoms with van der Waals surface area (Å²) in [6, 6.07) is 9.32. The van der Waals surface area contributed by atoms with E-state index in [2.05, 4.69) is 9.88 Å². The Morgan fingerprint density at radius 3 is 2.26 bits per heavy atom. The van der Waals surface area contributed by atoms with Crippen molar-refractivity contribution in [1.82, 2.24) is 14.8 Å². The van der Waals surface area contributed by atoms with Gasteiger partial charge >= 0.3 is 6.03 Å². The van der Waals surface area contributed by atoms with Crippen LogP contribution in [0.15, 0.2) is 35.9 Å². The maximum atomic E-state index is 12.3. The van der Waals surface area contributed by atoms with Crippen molar-refractivity contribution >= 4 is 29.6 Å². The number of nitrogens with zero attached hydrogens (tertiary/aromatic N) is 3. The van der Waals surface area contributed by atoms with Crippen LogP contribution < -0.4 is 10.2 Å². The van der Waals surface area contributed by atoms with E-state index >= 15 is 0 Å². The second-order valence-corrected chi connectivity index (χ2v) is 6.75. The summed E-state index contributed by atoms with van der Waals surface area (Å²) in [5, 5.41) is 2.17. The molecule has 140 valence electrons. The molecule has 1 aliphatic heterocycles. The number of hydrogen-bond donors (Lipinski definition) is 1. The van der Waals surface area contributed by atoms with Crippen LogP contribution in [0.25, 0.3) is 11.8 Å². The Morgan fingerprint density at radius 2 is 1.67 bits per heavy atom. The zero-order chi connectivity index (χ0) is 19.9. The Kier molecular flexibility index (Phi) is 4.61. The van der Waals surface area contributed by atoms with Gasteiger partial charge in [-0.3, -0.25) is 19.8 Å². The largest absolute Gasteiger partial charge is 0.378 e. The van der Waals surface area contributed by atoms with Gasteiger partial charge in [0, 0.05) is 43.9 Å². The van der Waals surface area contributed by atoms with E-state index < -0.39 is 17.8 Å². The average molecular weight is 366 g/mol. The highest BCUT2D eigenvalue weighted by Gasteiger charge is 2.33. The van der Waals surface area contributed by atoms with Crippen molar-refractivity contribution in [3.63, 3.8) is 0 Å². The lowest BCUT2D eigenvalue weighted by atomic mass is 10.1. The first kappa shape index (κ1) is 18.4. The van der Waals surface area contributed by atoms with Crippen LogP contribution in [0.5, 0.6) is 0 Å². The van der Waals surface area contributed by atoms with Crippen molar-refractivity contribution in [2.24, 2.45) is 0 Å². The number of rotatable bonds is 3. The van der Waals surface area contributed by atoms with Gasteiger partial charge in [-0.2, -0.15) is 0 Å². The normalized spacial score (nSPS) is 16.1. The zero-order valence-corrected chi connectivity index (χ0v) is 16.0. The van der Waals surface area contributed by atoms with Crippen molar-refractivity contribution in [1.29, 1.82) is 0 Å². The first-order valence-corrected chi connectivity index (χ1v) is 8.52. The summed E-state index contributed by atoms with van der Waals surface area (Å²) in [6.07, 6.45) is 1.54. The van der Waals surface area contributed by atoms with Crippen LogP contribution >= 0.6 is 0 Å². The summed E-state index contributed by atoms with van der Waals surface area (Å²) in [7, 11) is 5.31. The molecule has 0 saturated carbocycles.